The van der Waals surface area contributed by atoms with Gasteiger partial charge < -0.3 is 9.64 Å². The van der Waals surface area contributed by atoms with Gasteiger partial charge in [-0.3, -0.25) is 0 Å². The molecular formula is C14H16F3N5O. The van der Waals surface area contributed by atoms with Crippen LogP contribution in [0.4, 0.5) is 19.0 Å². The van der Waals surface area contributed by atoms with Crippen LogP contribution in [0.2, 0.25) is 0 Å². The van der Waals surface area contributed by atoms with Gasteiger partial charge in [-0.15, -0.1) is 0 Å². The minimum atomic E-state index is -4.51. The van der Waals surface area contributed by atoms with E-state index in [1.54, 1.807) is 0 Å². The average Bonchev–Trinajstić information content (AvgIpc) is 3.00. The van der Waals surface area contributed by atoms with Crippen LogP contribution >= 0.6 is 0 Å². The van der Waals surface area contributed by atoms with E-state index in [0.29, 0.717) is 31.5 Å². The molecule has 1 saturated heterocycles. The lowest BCUT2D eigenvalue weighted by molar-refractivity contribution is -0.141. The van der Waals surface area contributed by atoms with E-state index in [9.17, 15) is 13.2 Å². The van der Waals surface area contributed by atoms with Gasteiger partial charge in [0, 0.05) is 31.2 Å². The summed E-state index contributed by atoms with van der Waals surface area (Å²) in [5.41, 5.74) is -0.929. The van der Waals surface area contributed by atoms with Crippen LogP contribution in [-0.4, -0.2) is 45.4 Å². The quantitative estimate of drug-likeness (QED) is 0.861. The van der Waals surface area contributed by atoms with Crippen molar-refractivity contribution in [3.05, 3.63) is 18.1 Å². The highest BCUT2D eigenvalue weighted by Gasteiger charge is 2.38. The predicted octanol–water partition coefficient (Wildman–Crippen LogP) is 2.15. The Morgan fingerprint density at radius 2 is 2.13 bits per heavy atom. The minimum Gasteiger partial charge on any atom is -0.381 e. The second-order valence-electron chi connectivity index (χ2n) is 6.08. The Balaban J connectivity index is 1.76. The van der Waals surface area contributed by atoms with Crippen LogP contribution in [0.3, 0.4) is 0 Å². The molecule has 1 atom stereocenters. The SMILES string of the molecule is FC(F)(F)c1cc(N(CC2CCOC2)C2CC2)n2ncnc2n1. The van der Waals surface area contributed by atoms with Crippen LogP contribution in [0.15, 0.2) is 12.4 Å². The molecule has 1 aliphatic heterocycles. The van der Waals surface area contributed by atoms with E-state index in [2.05, 4.69) is 15.1 Å². The Hall–Kier alpha value is -1.90. The van der Waals surface area contributed by atoms with Crippen molar-refractivity contribution in [2.75, 3.05) is 24.7 Å². The third-order valence-electron chi connectivity index (χ3n) is 4.28. The van der Waals surface area contributed by atoms with Crippen LogP contribution in [0, 0.1) is 5.92 Å². The Bertz CT molecular complexity index is 706. The standard InChI is InChI=1S/C14H16F3N5O/c15-14(16,17)11-5-12(22-13(20-11)18-8-19-22)21(10-1-2-10)6-9-3-4-23-7-9/h5,8-10H,1-4,6-7H2. The molecule has 1 unspecified atom stereocenters. The van der Waals surface area contributed by atoms with Gasteiger partial charge in [-0.25, -0.2) is 4.98 Å². The maximum absolute atomic E-state index is 13.1. The summed E-state index contributed by atoms with van der Waals surface area (Å²) in [7, 11) is 0. The Kier molecular flexibility index (Phi) is 3.40. The fraction of sp³-hybridized carbons (Fsp3) is 0.643. The number of aromatic nitrogens is 4. The first-order chi connectivity index (χ1) is 11.0. The zero-order chi connectivity index (χ0) is 16.0. The van der Waals surface area contributed by atoms with E-state index in [1.807, 2.05) is 4.90 Å². The van der Waals surface area contributed by atoms with Crippen LogP contribution < -0.4 is 4.90 Å². The molecule has 0 radical (unpaired) electrons. The average molecular weight is 327 g/mol. The number of ether oxygens (including phenoxy) is 1. The van der Waals surface area contributed by atoms with Gasteiger partial charge in [0.25, 0.3) is 5.78 Å². The van der Waals surface area contributed by atoms with Gasteiger partial charge in [0.05, 0.1) is 6.61 Å². The van der Waals surface area contributed by atoms with Gasteiger partial charge in [0.1, 0.15) is 12.1 Å². The predicted molar refractivity (Wildman–Crippen MR) is 75.1 cm³/mol. The second-order valence-corrected chi connectivity index (χ2v) is 6.08. The van der Waals surface area contributed by atoms with Crippen LogP contribution in [0.5, 0.6) is 0 Å². The fourth-order valence-electron chi connectivity index (χ4n) is 2.97. The lowest BCUT2D eigenvalue weighted by atomic mass is 10.1. The molecule has 23 heavy (non-hydrogen) atoms. The molecule has 0 aromatic carbocycles. The summed E-state index contributed by atoms with van der Waals surface area (Å²) >= 11 is 0. The molecular weight excluding hydrogens is 311 g/mol. The van der Waals surface area contributed by atoms with Crippen LogP contribution in [-0.2, 0) is 10.9 Å². The van der Waals surface area contributed by atoms with Gasteiger partial charge in [-0.05, 0) is 19.3 Å². The summed E-state index contributed by atoms with van der Waals surface area (Å²) in [5, 5.41) is 4.05. The smallest absolute Gasteiger partial charge is 0.381 e. The van der Waals surface area contributed by atoms with E-state index >= 15 is 0 Å². The summed E-state index contributed by atoms with van der Waals surface area (Å²) in [6, 6.07) is 1.34. The molecule has 0 bridgehead atoms. The number of fused-ring (bicyclic) bond motifs is 1. The van der Waals surface area contributed by atoms with E-state index in [1.165, 1.54) is 10.8 Å². The molecule has 0 amide bonds. The number of hydrogen-bond donors (Lipinski definition) is 0. The lowest BCUT2D eigenvalue weighted by Crippen LogP contribution is -2.34. The molecule has 0 N–H and O–H groups in total. The molecule has 6 nitrogen and oxygen atoms in total. The molecule has 9 heteroatoms. The van der Waals surface area contributed by atoms with Crippen molar-refractivity contribution < 1.29 is 17.9 Å². The molecule has 2 aromatic heterocycles. The van der Waals surface area contributed by atoms with Crippen molar-refractivity contribution >= 4 is 11.6 Å². The van der Waals surface area contributed by atoms with Crippen molar-refractivity contribution in [1.29, 1.82) is 0 Å². The highest BCUT2D eigenvalue weighted by atomic mass is 19.4. The summed E-state index contributed by atoms with van der Waals surface area (Å²) in [6.45, 7) is 2.04. The van der Waals surface area contributed by atoms with Crippen LogP contribution in [0.25, 0.3) is 5.78 Å². The number of hydrogen-bond acceptors (Lipinski definition) is 5. The summed E-state index contributed by atoms with van der Waals surface area (Å²) in [5.74, 6) is 0.717. The molecule has 2 aliphatic rings. The molecule has 1 saturated carbocycles. The number of rotatable bonds is 4. The van der Waals surface area contributed by atoms with E-state index < -0.39 is 11.9 Å². The Morgan fingerprint density at radius 3 is 2.78 bits per heavy atom. The summed E-state index contributed by atoms with van der Waals surface area (Å²) < 4.78 is 46.2. The second kappa shape index (κ2) is 5.33. The van der Waals surface area contributed by atoms with Crippen molar-refractivity contribution in [3.8, 4) is 0 Å². The normalized spacial score (nSPS) is 22.0. The number of alkyl halides is 3. The first-order valence-corrected chi connectivity index (χ1v) is 7.65. The first-order valence-electron chi connectivity index (χ1n) is 7.65. The maximum atomic E-state index is 13.1. The van der Waals surface area contributed by atoms with Crippen molar-refractivity contribution in [3.63, 3.8) is 0 Å². The van der Waals surface area contributed by atoms with Crippen LogP contribution in [0.1, 0.15) is 25.0 Å². The molecule has 1 aliphatic carbocycles. The monoisotopic (exact) mass is 327 g/mol. The minimum absolute atomic E-state index is 0.0249. The fourth-order valence-corrected chi connectivity index (χ4v) is 2.97. The Labute approximate surface area is 130 Å². The molecule has 3 heterocycles. The van der Waals surface area contributed by atoms with Crippen molar-refractivity contribution in [2.24, 2.45) is 5.92 Å². The highest BCUT2D eigenvalue weighted by molar-refractivity contribution is 5.49. The van der Waals surface area contributed by atoms with E-state index in [-0.39, 0.29) is 11.8 Å². The molecule has 4 rings (SSSR count). The number of anilines is 1. The molecule has 2 fully saturated rings. The first kappa shape index (κ1) is 14.7. The topological polar surface area (TPSA) is 55.6 Å². The van der Waals surface area contributed by atoms with Gasteiger partial charge >= 0.3 is 6.18 Å². The molecule has 0 spiro atoms. The van der Waals surface area contributed by atoms with E-state index in [4.69, 9.17) is 4.74 Å². The summed E-state index contributed by atoms with van der Waals surface area (Å²) in [4.78, 5) is 9.42. The zero-order valence-corrected chi connectivity index (χ0v) is 12.3. The highest BCUT2D eigenvalue weighted by Crippen LogP contribution is 2.36. The molecule has 2 aromatic rings. The van der Waals surface area contributed by atoms with Crippen molar-refractivity contribution in [1.82, 2.24) is 19.6 Å². The van der Waals surface area contributed by atoms with Gasteiger partial charge in [0.2, 0.25) is 0 Å². The summed E-state index contributed by atoms with van der Waals surface area (Å²) in [6.07, 6.45) is -0.383. The largest absolute Gasteiger partial charge is 0.433 e. The number of halogens is 3. The van der Waals surface area contributed by atoms with Gasteiger partial charge in [-0.1, -0.05) is 0 Å². The number of nitrogens with zero attached hydrogens (tertiary/aromatic N) is 5. The molecule has 124 valence electrons. The van der Waals surface area contributed by atoms with E-state index in [0.717, 1.165) is 25.3 Å². The maximum Gasteiger partial charge on any atom is 0.433 e. The zero-order valence-electron chi connectivity index (χ0n) is 12.3. The Morgan fingerprint density at radius 1 is 1.30 bits per heavy atom. The third-order valence-corrected chi connectivity index (χ3v) is 4.28. The van der Waals surface area contributed by atoms with Gasteiger partial charge in [0.15, 0.2) is 5.69 Å². The van der Waals surface area contributed by atoms with Gasteiger partial charge in [-0.2, -0.15) is 27.8 Å². The lowest BCUT2D eigenvalue weighted by Gasteiger charge is -2.27. The third kappa shape index (κ3) is 2.85. The van der Waals surface area contributed by atoms with Crippen molar-refractivity contribution in [2.45, 2.75) is 31.5 Å².